The van der Waals surface area contributed by atoms with Gasteiger partial charge in [0.15, 0.2) is 0 Å². The monoisotopic (exact) mass is 296 g/mol. The van der Waals surface area contributed by atoms with Crippen LogP contribution in [0.5, 0.6) is 0 Å². The highest BCUT2D eigenvalue weighted by Gasteiger charge is 2.28. The molecule has 2 rings (SSSR count). The Bertz CT molecular complexity index is 500. The van der Waals surface area contributed by atoms with Crippen LogP contribution >= 0.6 is 11.3 Å². The van der Waals surface area contributed by atoms with Gasteiger partial charge in [-0.15, -0.1) is 11.3 Å². The molecule has 110 valence electrons. The molecule has 0 aromatic carbocycles. The number of aryl methyl sites for hydroxylation is 1. The lowest BCUT2D eigenvalue weighted by molar-refractivity contribution is -0.120. The van der Waals surface area contributed by atoms with E-state index in [4.69, 9.17) is 0 Å². The van der Waals surface area contributed by atoms with Crippen LogP contribution in [-0.4, -0.2) is 47.1 Å². The van der Waals surface area contributed by atoms with Crippen LogP contribution in [-0.2, 0) is 4.79 Å². The van der Waals surface area contributed by atoms with Crippen molar-refractivity contribution in [3.05, 3.63) is 21.9 Å². The summed E-state index contributed by atoms with van der Waals surface area (Å²) in [5, 5.41) is 14.7. The van der Waals surface area contributed by atoms with Crippen molar-refractivity contribution >= 4 is 23.2 Å². The van der Waals surface area contributed by atoms with Crippen LogP contribution in [0.25, 0.3) is 0 Å². The van der Waals surface area contributed by atoms with Crippen molar-refractivity contribution in [3.8, 4) is 0 Å². The predicted octanol–water partition coefficient (Wildman–Crippen LogP) is 1.16. The van der Waals surface area contributed by atoms with Crippen molar-refractivity contribution in [2.45, 2.75) is 38.8 Å². The summed E-state index contributed by atoms with van der Waals surface area (Å²) in [7, 11) is 0. The molecule has 20 heavy (non-hydrogen) atoms. The third-order valence-corrected chi connectivity index (χ3v) is 4.61. The van der Waals surface area contributed by atoms with Crippen molar-refractivity contribution in [2.24, 2.45) is 0 Å². The van der Waals surface area contributed by atoms with Gasteiger partial charge >= 0.3 is 0 Å². The van der Waals surface area contributed by atoms with E-state index < -0.39 is 6.10 Å². The lowest BCUT2D eigenvalue weighted by Gasteiger charge is -2.20. The van der Waals surface area contributed by atoms with Crippen molar-refractivity contribution < 1.29 is 14.7 Å². The number of hydrogen-bond donors (Lipinski definition) is 2. The summed E-state index contributed by atoms with van der Waals surface area (Å²) in [6, 6.07) is 1.67. The molecule has 2 N–H and O–H groups in total. The first-order valence-corrected chi connectivity index (χ1v) is 7.65. The third-order valence-electron chi connectivity index (χ3n) is 3.60. The average molecular weight is 296 g/mol. The maximum Gasteiger partial charge on any atom is 0.264 e. The summed E-state index contributed by atoms with van der Waals surface area (Å²) < 4.78 is 0. The molecule has 1 saturated heterocycles. The van der Waals surface area contributed by atoms with Gasteiger partial charge in [0.25, 0.3) is 5.91 Å². The Morgan fingerprint density at radius 2 is 2.10 bits per heavy atom. The zero-order valence-corrected chi connectivity index (χ0v) is 12.6. The van der Waals surface area contributed by atoms with Crippen molar-refractivity contribution in [2.75, 3.05) is 13.1 Å². The number of thiophene rings is 1. The quantitative estimate of drug-likeness (QED) is 0.860. The van der Waals surface area contributed by atoms with E-state index in [0.29, 0.717) is 25.9 Å². The van der Waals surface area contributed by atoms with Crippen LogP contribution in [0.15, 0.2) is 11.4 Å². The van der Waals surface area contributed by atoms with Gasteiger partial charge < -0.3 is 15.3 Å². The molecule has 1 aromatic rings. The van der Waals surface area contributed by atoms with Crippen molar-refractivity contribution in [3.63, 3.8) is 0 Å². The maximum atomic E-state index is 12.4. The summed E-state index contributed by atoms with van der Waals surface area (Å²) in [6.45, 7) is 4.44. The molecule has 1 aliphatic heterocycles. The minimum atomic E-state index is -0.596. The van der Waals surface area contributed by atoms with Crippen molar-refractivity contribution in [1.29, 1.82) is 0 Å². The van der Waals surface area contributed by atoms with Gasteiger partial charge in [0.2, 0.25) is 5.91 Å². The van der Waals surface area contributed by atoms with E-state index in [1.54, 1.807) is 4.90 Å². The third kappa shape index (κ3) is 3.37. The Kier molecular flexibility index (Phi) is 4.77. The second-order valence-corrected chi connectivity index (χ2v) is 6.09. The van der Waals surface area contributed by atoms with Crippen LogP contribution in [0, 0.1) is 6.92 Å². The Morgan fingerprint density at radius 3 is 2.70 bits per heavy atom. The Balaban J connectivity index is 2.04. The lowest BCUT2D eigenvalue weighted by atomic mass is 10.1. The summed E-state index contributed by atoms with van der Waals surface area (Å²) >= 11 is 1.45. The van der Waals surface area contributed by atoms with Crippen LogP contribution in [0.1, 0.15) is 35.0 Å². The van der Waals surface area contributed by atoms with Gasteiger partial charge in [0.1, 0.15) is 0 Å². The Hall–Kier alpha value is -1.40. The zero-order valence-electron chi connectivity index (χ0n) is 11.8. The average Bonchev–Trinajstić information content (AvgIpc) is 2.73. The van der Waals surface area contributed by atoms with E-state index in [9.17, 15) is 14.7 Å². The normalized spacial score (nSPS) is 23.2. The van der Waals surface area contributed by atoms with Gasteiger partial charge in [-0.25, -0.2) is 0 Å². The molecule has 0 unspecified atom stereocenters. The zero-order chi connectivity index (χ0) is 14.7. The number of carbonyl (C=O) groups excluding carboxylic acids is 2. The van der Waals surface area contributed by atoms with E-state index in [-0.39, 0.29) is 17.9 Å². The number of nitrogens with zero attached hydrogens (tertiary/aromatic N) is 1. The summed E-state index contributed by atoms with van der Waals surface area (Å²) in [6.07, 6.45) is 0.471. The SMILES string of the molecule is CC(=O)N[C@H]1CCN(C(=O)c2sccc2C)CC[C@@H]1O. The van der Waals surface area contributed by atoms with E-state index in [1.807, 2.05) is 18.4 Å². The Morgan fingerprint density at radius 1 is 1.40 bits per heavy atom. The molecule has 1 aliphatic rings. The molecule has 2 atom stereocenters. The fraction of sp³-hybridized carbons (Fsp3) is 0.571. The highest BCUT2D eigenvalue weighted by atomic mass is 32.1. The smallest absolute Gasteiger partial charge is 0.264 e. The predicted molar refractivity (Wildman–Crippen MR) is 77.8 cm³/mol. The topological polar surface area (TPSA) is 69.6 Å². The van der Waals surface area contributed by atoms with Crippen LogP contribution < -0.4 is 5.32 Å². The molecule has 0 saturated carbocycles. The second-order valence-electron chi connectivity index (χ2n) is 5.18. The first kappa shape index (κ1) is 15.0. The molecule has 5 nitrogen and oxygen atoms in total. The number of amides is 2. The van der Waals surface area contributed by atoms with E-state index in [1.165, 1.54) is 18.3 Å². The summed E-state index contributed by atoms with van der Waals surface area (Å²) in [4.78, 5) is 26.1. The minimum Gasteiger partial charge on any atom is -0.391 e. The van der Waals surface area contributed by atoms with Crippen molar-refractivity contribution in [1.82, 2.24) is 10.2 Å². The number of rotatable bonds is 2. The number of carbonyl (C=O) groups is 2. The van der Waals surface area contributed by atoms with Crippen LogP contribution in [0.3, 0.4) is 0 Å². The number of likely N-dealkylation sites (tertiary alicyclic amines) is 1. The molecule has 0 radical (unpaired) electrons. The molecule has 0 spiro atoms. The van der Waals surface area contributed by atoms with E-state index >= 15 is 0 Å². The van der Waals surface area contributed by atoms with Gasteiger partial charge in [-0.3, -0.25) is 9.59 Å². The standard InChI is InChI=1S/C14H20N2O3S/c1-9-5-8-20-13(9)14(19)16-6-3-11(15-10(2)17)12(18)4-7-16/h5,8,11-12,18H,3-4,6-7H2,1-2H3,(H,15,17)/t11-,12-/m0/s1. The molecule has 0 aliphatic carbocycles. The highest BCUT2D eigenvalue weighted by molar-refractivity contribution is 7.12. The Labute approximate surface area is 122 Å². The molecular formula is C14H20N2O3S. The lowest BCUT2D eigenvalue weighted by Crippen LogP contribution is -2.42. The fourth-order valence-electron chi connectivity index (χ4n) is 2.46. The van der Waals surface area contributed by atoms with Gasteiger partial charge in [-0.2, -0.15) is 0 Å². The molecule has 6 heteroatoms. The van der Waals surface area contributed by atoms with E-state index in [0.717, 1.165) is 10.4 Å². The highest BCUT2D eigenvalue weighted by Crippen LogP contribution is 2.20. The number of hydrogen-bond acceptors (Lipinski definition) is 4. The van der Waals surface area contributed by atoms with Gasteiger partial charge in [0, 0.05) is 20.0 Å². The number of nitrogens with one attached hydrogen (secondary N) is 1. The van der Waals surface area contributed by atoms with E-state index in [2.05, 4.69) is 5.32 Å². The molecule has 2 amide bonds. The molecule has 0 bridgehead atoms. The number of aliphatic hydroxyl groups excluding tert-OH is 1. The molecule has 1 aromatic heterocycles. The fourth-order valence-corrected chi connectivity index (χ4v) is 3.35. The van der Waals surface area contributed by atoms with Gasteiger partial charge in [0.05, 0.1) is 17.0 Å². The second kappa shape index (κ2) is 6.37. The molecule has 1 fully saturated rings. The van der Waals surface area contributed by atoms with Crippen LogP contribution in [0.2, 0.25) is 0 Å². The first-order chi connectivity index (χ1) is 9.49. The minimum absolute atomic E-state index is 0.0215. The maximum absolute atomic E-state index is 12.4. The molecule has 2 heterocycles. The van der Waals surface area contributed by atoms with Gasteiger partial charge in [-0.05, 0) is 36.8 Å². The largest absolute Gasteiger partial charge is 0.391 e. The number of aliphatic hydroxyl groups is 1. The molecular weight excluding hydrogens is 276 g/mol. The first-order valence-electron chi connectivity index (χ1n) is 6.77. The summed E-state index contributed by atoms with van der Waals surface area (Å²) in [5.74, 6) is -0.129. The van der Waals surface area contributed by atoms with Crippen LogP contribution in [0.4, 0.5) is 0 Å². The summed E-state index contributed by atoms with van der Waals surface area (Å²) in [5.41, 5.74) is 0.989. The van der Waals surface area contributed by atoms with Gasteiger partial charge in [-0.1, -0.05) is 0 Å².